The first-order valence-corrected chi connectivity index (χ1v) is 16.1. The first kappa shape index (κ1) is 26.6. The Bertz CT molecular complexity index is 2780. The molecule has 226 valence electrons. The fraction of sp³-hybridized carbons (Fsp3) is 0. The van der Waals surface area contributed by atoms with E-state index in [0.29, 0.717) is 11.5 Å². The van der Waals surface area contributed by atoms with Gasteiger partial charge in [-0.1, -0.05) is 84.9 Å². The van der Waals surface area contributed by atoms with Crippen molar-refractivity contribution in [2.24, 2.45) is 0 Å². The van der Waals surface area contributed by atoms with Crippen molar-refractivity contribution < 1.29 is 8.83 Å². The van der Waals surface area contributed by atoms with E-state index in [9.17, 15) is 0 Å². The summed E-state index contributed by atoms with van der Waals surface area (Å²) in [6.07, 6.45) is 0. The van der Waals surface area contributed by atoms with Gasteiger partial charge >= 0.3 is 0 Å². The lowest BCUT2D eigenvalue weighted by Gasteiger charge is -2.27. The first-order valence-electron chi connectivity index (χ1n) is 16.1. The molecule has 0 aliphatic rings. The summed E-state index contributed by atoms with van der Waals surface area (Å²) in [5.41, 5.74) is 10.6. The highest BCUT2D eigenvalue weighted by Gasteiger charge is 2.22. The maximum Gasteiger partial charge on any atom is 0.227 e. The molecule has 0 saturated carbocycles. The van der Waals surface area contributed by atoms with Gasteiger partial charge in [-0.05, 0) is 72.8 Å². The first-order chi connectivity index (χ1) is 23.8. The zero-order chi connectivity index (χ0) is 31.6. The minimum absolute atomic E-state index is 0.598. The van der Waals surface area contributed by atoms with Gasteiger partial charge in [0, 0.05) is 50.2 Å². The van der Waals surface area contributed by atoms with E-state index in [1.165, 1.54) is 16.3 Å². The standard InChI is InChI=1S/C43H27N3O2/c1-4-13-28(14-5-1)43-44-36-26-35-34-25-31(23-24-39(34)47-40(35)27-41(36)48-43)45(29-15-6-2-7-16-29)38-22-12-20-33-32-19-10-11-21-37(32)46(42(33)38)30-17-8-3-9-18-30/h1-27H. The average Bonchev–Trinajstić information content (AvgIpc) is 3.83. The van der Waals surface area contributed by atoms with Crippen LogP contribution in [-0.2, 0) is 0 Å². The molecule has 0 unspecified atom stereocenters. The van der Waals surface area contributed by atoms with Crippen LogP contribution in [0, 0.1) is 0 Å². The molecule has 0 atom stereocenters. The number of anilines is 3. The predicted molar refractivity (Wildman–Crippen MR) is 196 cm³/mol. The molecule has 0 saturated heterocycles. The van der Waals surface area contributed by atoms with Crippen molar-refractivity contribution in [3.05, 3.63) is 164 Å². The summed E-state index contributed by atoms with van der Waals surface area (Å²) >= 11 is 0. The van der Waals surface area contributed by atoms with Crippen LogP contribution in [0.5, 0.6) is 0 Å². The van der Waals surface area contributed by atoms with Gasteiger partial charge < -0.3 is 18.3 Å². The van der Waals surface area contributed by atoms with Crippen LogP contribution < -0.4 is 4.90 Å². The Morgan fingerprint density at radius 1 is 0.479 bits per heavy atom. The smallest absolute Gasteiger partial charge is 0.227 e. The van der Waals surface area contributed by atoms with Crippen LogP contribution in [0.15, 0.2) is 173 Å². The monoisotopic (exact) mass is 617 g/mol. The number of hydrogen-bond donors (Lipinski definition) is 0. The Labute approximate surface area is 275 Å². The molecule has 10 aromatic rings. The second-order valence-electron chi connectivity index (χ2n) is 12.0. The molecule has 5 heteroatoms. The lowest BCUT2D eigenvalue weighted by Crippen LogP contribution is -2.11. The molecule has 0 amide bonds. The van der Waals surface area contributed by atoms with Gasteiger partial charge in [0.05, 0.1) is 16.7 Å². The summed E-state index contributed by atoms with van der Waals surface area (Å²) in [6, 6.07) is 56.9. The van der Waals surface area contributed by atoms with Crippen molar-refractivity contribution in [2.45, 2.75) is 0 Å². The lowest BCUT2D eigenvalue weighted by molar-refractivity contribution is 0.617. The maximum atomic E-state index is 6.40. The molecule has 3 aromatic heterocycles. The Morgan fingerprint density at radius 3 is 2.02 bits per heavy atom. The molecule has 0 bridgehead atoms. The third-order valence-electron chi connectivity index (χ3n) is 9.19. The molecule has 48 heavy (non-hydrogen) atoms. The number of hydrogen-bond acceptors (Lipinski definition) is 4. The van der Waals surface area contributed by atoms with Crippen molar-refractivity contribution in [2.75, 3.05) is 4.90 Å². The third kappa shape index (κ3) is 4.08. The number of oxazole rings is 1. The van der Waals surface area contributed by atoms with Crippen molar-refractivity contribution in [1.29, 1.82) is 0 Å². The second-order valence-corrected chi connectivity index (χ2v) is 12.0. The lowest BCUT2D eigenvalue weighted by atomic mass is 10.1. The number of benzene rings is 7. The van der Waals surface area contributed by atoms with E-state index in [0.717, 1.165) is 61.3 Å². The second kappa shape index (κ2) is 10.5. The Morgan fingerprint density at radius 2 is 1.19 bits per heavy atom. The van der Waals surface area contributed by atoms with Crippen LogP contribution in [0.3, 0.4) is 0 Å². The highest BCUT2D eigenvalue weighted by atomic mass is 16.4. The molecule has 10 rings (SSSR count). The van der Waals surface area contributed by atoms with Gasteiger partial charge in [-0.15, -0.1) is 0 Å². The molecule has 0 fully saturated rings. The number of furan rings is 1. The highest BCUT2D eigenvalue weighted by Crippen LogP contribution is 2.45. The van der Waals surface area contributed by atoms with Crippen LogP contribution in [0.1, 0.15) is 0 Å². The number of rotatable bonds is 5. The van der Waals surface area contributed by atoms with Crippen LogP contribution in [0.4, 0.5) is 17.1 Å². The summed E-state index contributed by atoms with van der Waals surface area (Å²) in [5, 5.41) is 4.43. The molecule has 0 aliphatic heterocycles. The minimum Gasteiger partial charge on any atom is -0.456 e. The summed E-state index contributed by atoms with van der Waals surface area (Å²) in [5.74, 6) is 0.598. The van der Waals surface area contributed by atoms with E-state index in [-0.39, 0.29) is 0 Å². The molecule has 0 aliphatic carbocycles. The fourth-order valence-electron chi connectivity index (χ4n) is 7.06. The van der Waals surface area contributed by atoms with E-state index in [4.69, 9.17) is 13.8 Å². The van der Waals surface area contributed by atoms with Gasteiger partial charge in [-0.25, -0.2) is 4.98 Å². The summed E-state index contributed by atoms with van der Waals surface area (Å²) in [6.45, 7) is 0. The minimum atomic E-state index is 0.598. The van der Waals surface area contributed by atoms with Gasteiger partial charge in [-0.2, -0.15) is 0 Å². The van der Waals surface area contributed by atoms with Gasteiger partial charge in [0.1, 0.15) is 16.7 Å². The third-order valence-corrected chi connectivity index (χ3v) is 9.19. The van der Waals surface area contributed by atoms with E-state index in [1.54, 1.807) is 0 Å². The summed E-state index contributed by atoms with van der Waals surface area (Å²) in [7, 11) is 0. The van der Waals surface area contributed by atoms with Crippen LogP contribution in [0.25, 0.3) is 72.0 Å². The van der Waals surface area contributed by atoms with Crippen molar-refractivity contribution >= 4 is 71.9 Å². The highest BCUT2D eigenvalue weighted by molar-refractivity contribution is 6.15. The van der Waals surface area contributed by atoms with E-state index in [2.05, 4.69) is 137 Å². The molecule has 0 spiro atoms. The molecule has 3 heterocycles. The molecular weight excluding hydrogens is 590 g/mol. The van der Waals surface area contributed by atoms with E-state index in [1.807, 2.05) is 36.4 Å². The van der Waals surface area contributed by atoms with Crippen molar-refractivity contribution in [1.82, 2.24) is 9.55 Å². The predicted octanol–water partition coefficient (Wildman–Crippen LogP) is 12.0. The van der Waals surface area contributed by atoms with Gasteiger partial charge in [0.2, 0.25) is 5.89 Å². The SMILES string of the molecule is c1ccc(-c2nc3cc4c(cc3o2)oc2ccc(N(c3ccccc3)c3cccc5c6ccccc6n(-c6ccccc6)c35)cc24)cc1. The molecule has 7 aromatic carbocycles. The summed E-state index contributed by atoms with van der Waals surface area (Å²) in [4.78, 5) is 7.19. The average molecular weight is 618 g/mol. The zero-order valence-corrected chi connectivity index (χ0v) is 25.7. The zero-order valence-electron chi connectivity index (χ0n) is 25.7. The number of para-hydroxylation sites is 4. The molecule has 0 N–H and O–H groups in total. The van der Waals surface area contributed by atoms with E-state index < -0.39 is 0 Å². The number of fused-ring (bicyclic) bond motifs is 7. The van der Waals surface area contributed by atoms with Crippen molar-refractivity contribution in [3.8, 4) is 17.1 Å². The Kier molecular flexibility index (Phi) is 5.81. The van der Waals surface area contributed by atoms with Gasteiger partial charge in [-0.3, -0.25) is 0 Å². The van der Waals surface area contributed by atoms with Crippen molar-refractivity contribution in [3.63, 3.8) is 0 Å². The maximum absolute atomic E-state index is 6.40. The molecule has 5 nitrogen and oxygen atoms in total. The summed E-state index contributed by atoms with van der Waals surface area (Å²) < 4.78 is 14.9. The quantitative estimate of drug-likeness (QED) is 0.193. The molecule has 0 radical (unpaired) electrons. The van der Waals surface area contributed by atoms with E-state index >= 15 is 0 Å². The van der Waals surface area contributed by atoms with Crippen LogP contribution >= 0.6 is 0 Å². The Hall–Kier alpha value is -6.59. The Balaban J connectivity index is 1.22. The fourth-order valence-corrected chi connectivity index (χ4v) is 7.06. The number of aromatic nitrogens is 2. The van der Waals surface area contributed by atoms with Crippen LogP contribution in [0.2, 0.25) is 0 Å². The van der Waals surface area contributed by atoms with Crippen LogP contribution in [-0.4, -0.2) is 9.55 Å². The van der Waals surface area contributed by atoms with Gasteiger partial charge in [0.25, 0.3) is 0 Å². The normalized spacial score (nSPS) is 11.8. The largest absolute Gasteiger partial charge is 0.456 e. The topological polar surface area (TPSA) is 47.3 Å². The van der Waals surface area contributed by atoms with Gasteiger partial charge in [0.15, 0.2) is 5.58 Å². The number of nitrogens with zero attached hydrogens (tertiary/aromatic N) is 3. The molecular formula is C43H27N3O2.